The largest absolute Gasteiger partial charge is 0.482 e. The van der Waals surface area contributed by atoms with Crippen molar-refractivity contribution in [2.24, 2.45) is 0 Å². The highest BCUT2D eigenvalue weighted by atomic mass is 79.9. The van der Waals surface area contributed by atoms with Gasteiger partial charge >= 0.3 is 0 Å². The number of halogens is 3. The molecule has 0 saturated heterocycles. The second-order valence-corrected chi connectivity index (χ2v) is 7.48. The van der Waals surface area contributed by atoms with E-state index in [9.17, 15) is 4.79 Å². The molecule has 5 nitrogen and oxygen atoms in total. The summed E-state index contributed by atoms with van der Waals surface area (Å²) in [7, 11) is 0. The molecule has 0 fully saturated rings. The first-order valence-corrected chi connectivity index (χ1v) is 8.96. The van der Waals surface area contributed by atoms with E-state index < -0.39 is 0 Å². The maximum Gasteiger partial charge on any atom is 0.286 e. The molecule has 0 N–H and O–H groups in total. The van der Waals surface area contributed by atoms with Crippen molar-refractivity contribution in [2.45, 2.75) is 13.8 Å². The molecule has 0 unspecified atom stereocenters. The molecule has 124 valence electrons. The summed E-state index contributed by atoms with van der Waals surface area (Å²) in [4.78, 5) is 12.4. The minimum absolute atomic E-state index is 0.162. The first-order chi connectivity index (χ1) is 11.4. The van der Waals surface area contributed by atoms with Crippen LogP contribution in [0, 0.1) is 13.8 Å². The number of aromatic nitrogens is 3. The van der Waals surface area contributed by atoms with E-state index in [-0.39, 0.29) is 12.5 Å². The Morgan fingerprint density at radius 1 is 1.21 bits per heavy atom. The van der Waals surface area contributed by atoms with Gasteiger partial charge in [-0.2, -0.15) is 4.68 Å². The van der Waals surface area contributed by atoms with Crippen LogP contribution in [0.2, 0.25) is 5.02 Å². The minimum atomic E-state index is -0.327. The van der Waals surface area contributed by atoms with Gasteiger partial charge in [0.05, 0.1) is 9.99 Å². The van der Waals surface area contributed by atoms with Crippen LogP contribution in [0.3, 0.4) is 0 Å². The van der Waals surface area contributed by atoms with Gasteiger partial charge in [0, 0.05) is 9.50 Å². The van der Waals surface area contributed by atoms with E-state index in [0.717, 1.165) is 20.1 Å². The molecule has 0 aliphatic heterocycles. The summed E-state index contributed by atoms with van der Waals surface area (Å²) in [5.41, 5.74) is 2.97. The third-order valence-electron chi connectivity index (χ3n) is 3.50. The first kappa shape index (κ1) is 17.4. The number of fused-ring (bicyclic) bond motifs is 1. The van der Waals surface area contributed by atoms with Crippen LogP contribution in [0.4, 0.5) is 0 Å². The van der Waals surface area contributed by atoms with Crippen molar-refractivity contribution in [3.05, 3.63) is 49.4 Å². The number of carbonyl (C=O) groups is 1. The lowest BCUT2D eigenvalue weighted by molar-refractivity contribution is 0.0823. The van der Waals surface area contributed by atoms with Gasteiger partial charge in [-0.15, -0.1) is 5.10 Å². The Balaban J connectivity index is 1.85. The molecule has 1 heterocycles. The van der Waals surface area contributed by atoms with Crippen molar-refractivity contribution in [1.29, 1.82) is 0 Å². The molecule has 3 aromatic rings. The fourth-order valence-corrected chi connectivity index (χ4v) is 4.01. The molecule has 0 amide bonds. The Morgan fingerprint density at radius 3 is 2.67 bits per heavy atom. The quantitative estimate of drug-likeness (QED) is 0.540. The van der Waals surface area contributed by atoms with Gasteiger partial charge in [-0.1, -0.05) is 32.7 Å². The van der Waals surface area contributed by atoms with Gasteiger partial charge in [0.15, 0.2) is 6.61 Å². The Morgan fingerprint density at radius 2 is 1.96 bits per heavy atom. The molecule has 8 heteroatoms. The molecule has 2 aromatic carbocycles. The molecule has 1 aromatic heterocycles. The van der Waals surface area contributed by atoms with Crippen LogP contribution >= 0.6 is 43.5 Å². The van der Waals surface area contributed by atoms with E-state index >= 15 is 0 Å². The molecule has 0 radical (unpaired) electrons. The van der Waals surface area contributed by atoms with Crippen molar-refractivity contribution in [3.8, 4) is 5.75 Å². The highest BCUT2D eigenvalue weighted by Crippen LogP contribution is 2.32. The fraction of sp³-hybridized carbons (Fsp3) is 0.188. The van der Waals surface area contributed by atoms with Gasteiger partial charge in [0.1, 0.15) is 11.3 Å². The van der Waals surface area contributed by atoms with E-state index in [4.69, 9.17) is 16.3 Å². The maximum atomic E-state index is 12.4. The molecule has 0 spiro atoms. The summed E-state index contributed by atoms with van der Waals surface area (Å²) in [6.45, 7) is 3.62. The topological polar surface area (TPSA) is 57.0 Å². The minimum Gasteiger partial charge on any atom is -0.482 e. The predicted molar refractivity (Wildman–Crippen MR) is 100.0 cm³/mol. The molecule has 24 heavy (non-hydrogen) atoms. The Hall–Kier alpha value is -1.44. The average Bonchev–Trinajstić information content (AvgIpc) is 2.89. The van der Waals surface area contributed by atoms with Gasteiger partial charge in [-0.05, 0) is 65.2 Å². The summed E-state index contributed by atoms with van der Waals surface area (Å²) in [5.74, 6) is 0.288. The number of ether oxygens (including phenoxy) is 1. The number of benzene rings is 2. The van der Waals surface area contributed by atoms with Crippen LogP contribution in [0.25, 0.3) is 11.0 Å². The van der Waals surface area contributed by atoms with Crippen molar-refractivity contribution in [1.82, 2.24) is 15.0 Å². The van der Waals surface area contributed by atoms with Crippen LogP contribution in [-0.4, -0.2) is 27.5 Å². The van der Waals surface area contributed by atoms with E-state index in [2.05, 4.69) is 42.2 Å². The summed E-state index contributed by atoms with van der Waals surface area (Å²) < 4.78 is 8.58. The number of hydrogen-bond donors (Lipinski definition) is 0. The van der Waals surface area contributed by atoms with Gasteiger partial charge in [-0.3, -0.25) is 4.79 Å². The molecule has 0 aliphatic carbocycles. The summed E-state index contributed by atoms with van der Waals surface area (Å²) in [6.07, 6.45) is 0. The number of nitrogens with zero attached hydrogens (tertiary/aromatic N) is 3. The number of carbonyl (C=O) groups excluding carboxylic acids is 1. The van der Waals surface area contributed by atoms with Crippen molar-refractivity contribution in [2.75, 3.05) is 6.61 Å². The van der Waals surface area contributed by atoms with Gasteiger partial charge < -0.3 is 4.74 Å². The van der Waals surface area contributed by atoms with Crippen molar-refractivity contribution >= 4 is 60.4 Å². The third kappa shape index (κ3) is 3.34. The van der Waals surface area contributed by atoms with Crippen LogP contribution in [0.1, 0.15) is 15.9 Å². The van der Waals surface area contributed by atoms with Gasteiger partial charge in [0.2, 0.25) is 0 Å². The maximum absolute atomic E-state index is 12.4. The lowest BCUT2D eigenvalue weighted by Gasteiger charge is -2.11. The Labute approximate surface area is 160 Å². The van der Waals surface area contributed by atoms with Gasteiger partial charge in [-0.25, -0.2) is 0 Å². The lowest BCUT2D eigenvalue weighted by atomic mass is 10.2. The zero-order chi connectivity index (χ0) is 17.4. The molecule has 0 bridgehead atoms. The molecule has 0 atom stereocenters. The predicted octanol–water partition coefficient (Wildman–Crippen LogP) is 4.95. The van der Waals surface area contributed by atoms with Crippen LogP contribution < -0.4 is 4.74 Å². The second kappa shape index (κ2) is 6.82. The number of rotatable bonds is 3. The molecule has 0 aliphatic rings. The van der Waals surface area contributed by atoms with Gasteiger partial charge in [0.25, 0.3) is 5.91 Å². The normalized spacial score (nSPS) is 11.0. The highest BCUT2D eigenvalue weighted by Gasteiger charge is 2.16. The standard InChI is InChI=1S/C16H12Br2ClN3O2/c1-8-4-13-14(6-12(8)19)22(21-20-13)15(23)7-24-16-9(2)3-10(17)5-11(16)18/h3-6H,7H2,1-2H3. The zero-order valence-corrected chi connectivity index (χ0v) is 16.7. The number of aryl methyl sites for hydroxylation is 2. The molecular formula is C16H12Br2ClN3O2. The first-order valence-electron chi connectivity index (χ1n) is 7.00. The van der Waals surface area contributed by atoms with E-state index in [1.165, 1.54) is 4.68 Å². The van der Waals surface area contributed by atoms with E-state index in [0.29, 0.717) is 21.8 Å². The monoisotopic (exact) mass is 471 g/mol. The Kier molecular flexibility index (Phi) is 4.94. The molecular weight excluding hydrogens is 461 g/mol. The fourth-order valence-electron chi connectivity index (χ4n) is 2.30. The molecule has 0 saturated carbocycles. The average molecular weight is 474 g/mol. The summed E-state index contributed by atoms with van der Waals surface area (Å²) >= 11 is 13.0. The zero-order valence-electron chi connectivity index (χ0n) is 12.8. The third-order valence-corrected chi connectivity index (χ3v) is 4.95. The van der Waals surface area contributed by atoms with Crippen molar-refractivity contribution < 1.29 is 9.53 Å². The van der Waals surface area contributed by atoms with Crippen LogP contribution in [0.5, 0.6) is 5.75 Å². The van der Waals surface area contributed by atoms with Crippen molar-refractivity contribution in [3.63, 3.8) is 0 Å². The van der Waals surface area contributed by atoms with Crippen LogP contribution in [0.15, 0.2) is 33.2 Å². The van der Waals surface area contributed by atoms with E-state index in [1.54, 1.807) is 12.1 Å². The van der Waals surface area contributed by atoms with E-state index in [1.807, 2.05) is 26.0 Å². The summed E-state index contributed by atoms with van der Waals surface area (Å²) in [5, 5.41) is 8.48. The lowest BCUT2D eigenvalue weighted by Crippen LogP contribution is -2.21. The van der Waals surface area contributed by atoms with Crippen LogP contribution in [-0.2, 0) is 0 Å². The molecule has 3 rings (SSSR count). The second-order valence-electron chi connectivity index (χ2n) is 5.31. The number of hydrogen-bond acceptors (Lipinski definition) is 4. The highest BCUT2D eigenvalue weighted by molar-refractivity contribution is 9.11. The smallest absolute Gasteiger partial charge is 0.286 e. The SMILES string of the molecule is Cc1cc2nnn(C(=O)COc3c(C)cc(Br)cc3Br)c2cc1Cl. The summed E-state index contributed by atoms with van der Waals surface area (Å²) in [6, 6.07) is 7.26. The Bertz CT molecular complexity index is 933.